The van der Waals surface area contributed by atoms with E-state index in [0.717, 1.165) is 29.5 Å². The molecule has 0 heterocycles. The lowest BCUT2D eigenvalue weighted by molar-refractivity contribution is -0.148. The highest BCUT2D eigenvalue weighted by Crippen LogP contribution is 2.41. The van der Waals surface area contributed by atoms with Crippen LogP contribution in [-0.4, -0.2) is 18.7 Å². The minimum Gasteiger partial charge on any atom is -0.462 e. The Labute approximate surface area is 184 Å². The fraction of sp³-hybridized carbons (Fsp3) is 0.250. The van der Waals surface area contributed by atoms with Gasteiger partial charge >= 0.3 is 5.97 Å². The van der Waals surface area contributed by atoms with Crippen molar-refractivity contribution in [3.63, 3.8) is 0 Å². The van der Waals surface area contributed by atoms with Gasteiger partial charge in [-0.15, -0.1) is 0 Å². The molecule has 0 unspecified atom stereocenters. The molecule has 0 N–H and O–H groups in total. The van der Waals surface area contributed by atoms with Crippen molar-refractivity contribution in [1.82, 2.24) is 0 Å². The van der Waals surface area contributed by atoms with E-state index >= 15 is 0 Å². The van der Waals surface area contributed by atoms with Gasteiger partial charge in [-0.3, -0.25) is 4.79 Å². The van der Waals surface area contributed by atoms with Crippen molar-refractivity contribution in [3.8, 4) is 0 Å². The first-order valence-corrected chi connectivity index (χ1v) is 10.8. The quantitative estimate of drug-likeness (QED) is 0.263. The predicted molar refractivity (Wildman–Crippen MR) is 123 cm³/mol. The lowest BCUT2D eigenvalue weighted by Gasteiger charge is -2.36. The number of carbonyl (C=O) groups excluding carboxylic acids is 1. The summed E-state index contributed by atoms with van der Waals surface area (Å²) in [6.07, 6.45) is 5.69. The van der Waals surface area contributed by atoms with Gasteiger partial charge in [-0.2, -0.15) is 0 Å². The summed E-state index contributed by atoms with van der Waals surface area (Å²) in [5.41, 5.74) is 2.55. The number of hydrogen-bond donors (Lipinski definition) is 0. The van der Waals surface area contributed by atoms with Gasteiger partial charge in [-0.05, 0) is 23.1 Å². The normalized spacial score (nSPS) is 18.1. The SMILES string of the molecule is CC(=O)O[C@H]1CC=C[C@H]1CCOC(c1ccccc1)(c1ccccc1)c1ccccc1. The zero-order valence-corrected chi connectivity index (χ0v) is 17.8. The van der Waals surface area contributed by atoms with Crippen LogP contribution < -0.4 is 0 Å². The largest absolute Gasteiger partial charge is 0.462 e. The average molecular weight is 413 g/mol. The van der Waals surface area contributed by atoms with Crippen molar-refractivity contribution in [1.29, 1.82) is 0 Å². The van der Waals surface area contributed by atoms with Crippen LogP contribution in [0.25, 0.3) is 0 Å². The second-order valence-electron chi connectivity index (χ2n) is 7.89. The molecule has 0 aliphatic heterocycles. The first-order chi connectivity index (χ1) is 15.2. The van der Waals surface area contributed by atoms with Crippen LogP contribution in [0.15, 0.2) is 103 Å². The van der Waals surface area contributed by atoms with E-state index in [9.17, 15) is 4.79 Å². The monoisotopic (exact) mass is 412 g/mol. The van der Waals surface area contributed by atoms with E-state index in [2.05, 4.69) is 84.9 Å². The summed E-state index contributed by atoms with van der Waals surface area (Å²) in [5.74, 6) is -0.0595. The maximum atomic E-state index is 11.5. The molecule has 0 radical (unpaired) electrons. The average Bonchev–Trinajstić information content (AvgIpc) is 3.25. The van der Waals surface area contributed by atoms with E-state index in [0.29, 0.717) is 6.61 Å². The topological polar surface area (TPSA) is 35.5 Å². The van der Waals surface area contributed by atoms with Gasteiger partial charge < -0.3 is 9.47 Å². The van der Waals surface area contributed by atoms with Crippen molar-refractivity contribution in [3.05, 3.63) is 120 Å². The third kappa shape index (κ3) is 4.62. The fourth-order valence-corrected chi connectivity index (χ4v) is 4.43. The molecule has 1 aliphatic carbocycles. The Bertz CT molecular complexity index is 900. The molecule has 2 atom stereocenters. The second kappa shape index (κ2) is 9.76. The molecule has 31 heavy (non-hydrogen) atoms. The zero-order valence-electron chi connectivity index (χ0n) is 17.8. The maximum Gasteiger partial charge on any atom is 0.302 e. The summed E-state index contributed by atoms with van der Waals surface area (Å²) in [6, 6.07) is 31.1. The number of rotatable bonds is 8. The van der Waals surface area contributed by atoms with Crippen molar-refractivity contribution in [2.24, 2.45) is 5.92 Å². The van der Waals surface area contributed by atoms with E-state index in [1.165, 1.54) is 6.92 Å². The highest BCUT2D eigenvalue weighted by Gasteiger charge is 2.38. The number of benzene rings is 3. The Morgan fingerprint density at radius 3 is 1.77 bits per heavy atom. The van der Waals surface area contributed by atoms with Crippen molar-refractivity contribution in [2.75, 3.05) is 6.61 Å². The van der Waals surface area contributed by atoms with E-state index in [1.54, 1.807) is 0 Å². The minimum atomic E-state index is -0.719. The molecular weight excluding hydrogens is 384 g/mol. The van der Waals surface area contributed by atoms with Gasteiger partial charge in [0.2, 0.25) is 0 Å². The molecule has 0 spiro atoms. The molecule has 0 fully saturated rings. The van der Waals surface area contributed by atoms with Gasteiger partial charge in [0.15, 0.2) is 0 Å². The fourth-order valence-electron chi connectivity index (χ4n) is 4.43. The molecule has 0 saturated heterocycles. The molecular formula is C28H28O3. The van der Waals surface area contributed by atoms with Gasteiger partial charge in [0.25, 0.3) is 0 Å². The molecule has 3 heteroatoms. The smallest absolute Gasteiger partial charge is 0.302 e. The standard InChI is InChI=1S/C28H28O3/c1-22(29)31-27-19-11-12-23(27)20-21-30-28(24-13-5-2-6-14-24,25-15-7-3-8-16-25)26-17-9-4-10-18-26/h2-18,23,27H,19-21H2,1H3/t23-,27-/m0/s1. The molecule has 0 saturated carbocycles. The molecule has 4 rings (SSSR count). The van der Waals surface area contributed by atoms with E-state index in [-0.39, 0.29) is 18.0 Å². The van der Waals surface area contributed by atoms with Crippen LogP contribution in [0.2, 0.25) is 0 Å². The highest BCUT2D eigenvalue weighted by molar-refractivity contribution is 5.66. The Morgan fingerprint density at radius 2 is 1.32 bits per heavy atom. The van der Waals surface area contributed by atoms with E-state index in [1.807, 2.05) is 18.2 Å². The molecule has 0 amide bonds. The van der Waals surface area contributed by atoms with Gasteiger partial charge in [0.05, 0.1) is 0 Å². The molecule has 3 nitrogen and oxygen atoms in total. The van der Waals surface area contributed by atoms with Crippen molar-refractivity contribution >= 4 is 5.97 Å². The van der Waals surface area contributed by atoms with Crippen LogP contribution in [-0.2, 0) is 19.9 Å². The summed E-state index contributed by atoms with van der Waals surface area (Å²) >= 11 is 0. The Morgan fingerprint density at radius 1 is 0.839 bits per heavy atom. The van der Waals surface area contributed by atoms with Crippen LogP contribution in [0.4, 0.5) is 0 Å². The summed E-state index contributed by atoms with van der Waals surface area (Å²) in [5, 5.41) is 0. The molecule has 3 aromatic carbocycles. The summed E-state index contributed by atoms with van der Waals surface area (Å²) in [7, 11) is 0. The van der Waals surface area contributed by atoms with Gasteiger partial charge in [0, 0.05) is 25.9 Å². The van der Waals surface area contributed by atoms with Crippen molar-refractivity contribution in [2.45, 2.75) is 31.5 Å². The number of ether oxygens (including phenoxy) is 2. The Kier molecular flexibility index (Phi) is 6.63. The first kappa shape index (κ1) is 21.1. The molecule has 1 aliphatic rings. The third-order valence-electron chi connectivity index (χ3n) is 5.86. The summed E-state index contributed by atoms with van der Waals surface area (Å²) in [6.45, 7) is 2.00. The third-order valence-corrected chi connectivity index (χ3v) is 5.86. The van der Waals surface area contributed by atoms with Gasteiger partial charge in [-0.1, -0.05) is 103 Å². The molecule has 3 aromatic rings. The summed E-state index contributed by atoms with van der Waals surface area (Å²) < 4.78 is 12.3. The number of carbonyl (C=O) groups is 1. The van der Waals surface area contributed by atoms with Crippen molar-refractivity contribution < 1.29 is 14.3 Å². The number of esters is 1. The van der Waals surface area contributed by atoms with Crippen LogP contribution in [0.3, 0.4) is 0 Å². The first-order valence-electron chi connectivity index (χ1n) is 10.8. The van der Waals surface area contributed by atoms with Crippen LogP contribution in [0.1, 0.15) is 36.5 Å². The van der Waals surface area contributed by atoms with Gasteiger partial charge in [0.1, 0.15) is 11.7 Å². The van der Waals surface area contributed by atoms with E-state index < -0.39 is 5.60 Å². The van der Waals surface area contributed by atoms with Crippen LogP contribution in [0.5, 0.6) is 0 Å². The summed E-state index contributed by atoms with van der Waals surface area (Å²) in [4.78, 5) is 11.5. The van der Waals surface area contributed by atoms with E-state index in [4.69, 9.17) is 9.47 Å². The molecule has 0 bridgehead atoms. The maximum absolute atomic E-state index is 11.5. The number of hydrogen-bond acceptors (Lipinski definition) is 3. The lowest BCUT2D eigenvalue weighted by Crippen LogP contribution is -2.34. The molecule has 0 aromatic heterocycles. The molecule has 158 valence electrons. The Hall–Kier alpha value is -3.17. The second-order valence-corrected chi connectivity index (χ2v) is 7.89. The predicted octanol–water partition coefficient (Wildman–Crippen LogP) is 5.89. The lowest BCUT2D eigenvalue weighted by atomic mass is 9.80. The highest BCUT2D eigenvalue weighted by atomic mass is 16.5. The zero-order chi connectivity index (χ0) is 21.5. The minimum absolute atomic E-state index is 0.0966. The van der Waals surface area contributed by atoms with Crippen LogP contribution >= 0.6 is 0 Å². The van der Waals surface area contributed by atoms with Gasteiger partial charge in [-0.25, -0.2) is 0 Å². The Balaban J connectivity index is 1.67. The van der Waals surface area contributed by atoms with Crippen LogP contribution in [0, 0.1) is 5.92 Å².